The topological polar surface area (TPSA) is 186 Å². The van der Waals surface area contributed by atoms with Crippen molar-refractivity contribution in [1.29, 1.82) is 31.6 Å². The Hall–Kier alpha value is -11.3. The van der Waals surface area contributed by atoms with Gasteiger partial charge in [-0.3, -0.25) is 0 Å². The molecule has 2 heterocycles. The van der Waals surface area contributed by atoms with Crippen LogP contribution in [-0.4, -0.2) is 19.5 Å². The molecule has 0 aliphatic carbocycles. The molecule has 11 aromatic rings. The van der Waals surface area contributed by atoms with Crippen molar-refractivity contribution in [1.82, 2.24) is 19.5 Å². The quantitative estimate of drug-likeness (QED) is 0.143. The van der Waals surface area contributed by atoms with E-state index in [1.807, 2.05) is 121 Å². The molecule has 0 amide bonds. The van der Waals surface area contributed by atoms with Crippen LogP contribution in [0.4, 0.5) is 0 Å². The zero-order valence-corrected chi connectivity index (χ0v) is 38.4. The van der Waals surface area contributed by atoms with Gasteiger partial charge in [-0.2, -0.15) is 31.6 Å². The summed E-state index contributed by atoms with van der Waals surface area (Å²) in [5.74, 6) is 1.41. The number of rotatable bonds is 8. The van der Waals surface area contributed by atoms with E-state index in [9.17, 15) is 31.6 Å². The Kier molecular flexibility index (Phi) is 11.3. The molecular weight excluding hydrogens is 897 g/mol. The van der Waals surface area contributed by atoms with Crippen LogP contribution < -0.4 is 0 Å². The summed E-state index contributed by atoms with van der Waals surface area (Å²) in [4.78, 5) is 15.3. The number of nitriles is 6. The van der Waals surface area contributed by atoms with E-state index >= 15 is 0 Å². The number of hydrogen-bond donors (Lipinski definition) is 0. The van der Waals surface area contributed by atoms with Gasteiger partial charge in [-0.25, -0.2) is 15.0 Å². The SMILES string of the molecule is N#Cc1ccc(-c2cc(-c3nc(-c4ccccc4)nc(-c4ccccc4)n3)cc(-c3ccc(C#N)cc3)c2-n2c3ccc(-c4ccc(C#N)cc4C#N)cc3c3cc(-c4ccc(C#N)cc4C#N)ccc32)cc1. The fraction of sp³-hybridized carbons (Fsp3) is 0. The van der Waals surface area contributed by atoms with Gasteiger partial charge in [0.2, 0.25) is 0 Å². The minimum absolute atomic E-state index is 0.352. The summed E-state index contributed by atoms with van der Waals surface area (Å²) >= 11 is 0. The average Bonchev–Trinajstić information content (AvgIpc) is 3.79. The van der Waals surface area contributed by atoms with Gasteiger partial charge in [-0.1, -0.05) is 109 Å². The van der Waals surface area contributed by atoms with Crippen molar-refractivity contribution in [3.05, 3.63) is 228 Å². The van der Waals surface area contributed by atoms with Crippen LogP contribution in [0.15, 0.2) is 194 Å². The highest BCUT2D eigenvalue weighted by atomic mass is 15.0. The van der Waals surface area contributed by atoms with Crippen molar-refractivity contribution in [3.8, 4) is 121 Å². The predicted molar refractivity (Wildman–Crippen MR) is 281 cm³/mol. The minimum atomic E-state index is 0.352. The number of hydrogen-bond acceptors (Lipinski definition) is 9. The molecule has 0 aliphatic rings. The van der Waals surface area contributed by atoms with Crippen molar-refractivity contribution in [3.63, 3.8) is 0 Å². The molecule has 0 spiro atoms. The first kappa shape index (κ1) is 44.2. The van der Waals surface area contributed by atoms with Crippen LogP contribution in [0.3, 0.4) is 0 Å². The molecule has 0 radical (unpaired) electrons. The third-order valence-corrected chi connectivity index (χ3v) is 12.9. The number of fused-ring (bicyclic) bond motifs is 3. The molecule has 0 aliphatic heterocycles. The van der Waals surface area contributed by atoms with Gasteiger partial charge >= 0.3 is 0 Å². The Morgan fingerprint density at radius 1 is 0.288 bits per heavy atom. The first-order valence-electron chi connectivity index (χ1n) is 22.9. The zero-order chi connectivity index (χ0) is 50.0. The number of nitrogens with zero attached hydrogens (tertiary/aromatic N) is 10. The van der Waals surface area contributed by atoms with Crippen LogP contribution in [-0.2, 0) is 0 Å². The van der Waals surface area contributed by atoms with Crippen molar-refractivity contribution < 1.29 is 0 Å². The Morgan fingerprint density at radius 3 is 1.04 bits per heavy atom. The van der Waals surface area contributed by atoms with Gasteiger partial charge in [0.25, 0.3) is 0 Å². The fourth-order valence-corrected chi connectivity index (χ4v) is 9.35. The maximum atomic E-state index is 10.3. The molecule has 2 aromatic heterocycles. The van der Waals surface area contributed by atoms with Crippen molar-refractivity contribution >= 4 is 21.8 Å². The van der Waals surface area contributed by atoms with Crippen molar-refractivity contribution in [2.75, 3.05) is 0 Å². The first-order chi connectivity index (χ1) is 35.9. The van der Waals surface area contributed by atoms with E-state index in [4.69, 9.17) is 15.0 Å². The van der Waals surface area contributed by atoms with E-state index in [1.165, 1.54) is 0 Å². The lowest BCUT2D eigenvalue weighted by molar-refractivity contribution is 1.07. The summed E-state index contributed by atoms with van der Waals surface area (Å²) in [5.41, 5.74) is 13.1. The molecule has 10 heteroatoms. The first-order valence-corrected chi connectivity index (χ1v) is 22.9. The molecule has 0 atom stereocenters. The summed E-state index contributed by atoms with van der Waals surface area (Å²) in [6.07, 6.45) is 0. The second-order valence-electron chi connectivity index (χ2n) is 17.1. The van der Waals surface area contributed by atoms with Crippen molar-refractivity contribution in [2.24, 2.45) is 0 Å². The maximum Gasteiger partial charge on any atom is 0.164 e. The predicted octanol–water partition coefficient (Wildman–Crippen LogP) is 13.9. The Morgan fingerprint density at radius 2 is 0.658 bits per heavy atom. The van der Waals surface area contributed by atoms with Gasteiger partial charge < -0.3 is 4.57 Å². The number of benzene rings is 9. The summed E-state index contributed by atoms with van der Waals surface area (Å²) in [5, 5.41) is 61.7. The molecule has 0 saturated carbocycles. The molecule has 0 bridgehead atoms. The lowest BCUT2D eigenvalue weighted by atomic mass is 9.91. The molecule has 0 fully saturated rings. The molecule has 11 rings (SSSR count). The summed E-state index contributed by atoms with van der Waals surface area (Å²) in [7, 11) is 0. The van der Waals surface area contributed by atoms with E-state index in [2.05, 4.69) is 53.1 Å². The Balaban J connectivity index is 1.27. The highest BCUT2D eigenvalue weighted by Gasteiger charge is 2.25. The van der Waals surface area contributed by atoms with Gasteiger partial charge in [0.05, 0.1) is 86.5 Å². The standard InChI is InChI=1S/C63H32N10/c64-33-39-11-17-43(18-12-39)54-31-49(63-71-61(45-7-3-1-4-8-45)70-62(72-63)46-9-5-2-6-10-46)32-55(44-19-13-40(34-65)14-20-44)60(54)73-58-25-21-47(52-23-15-41(35-66)27-50(52)37-68)29-56(58)57-30-48(22-26-59(57)73)53-24-16-42(36-67)28-51(53)38-69/h1-32H. The molecule has 73 heavy (non-hydrogen) atoms. The van der Waals surface area contributed by atoms with Crippen LogP contribution in [0.1, 0.15) is 33.4 Å². The normalized spacial score (nSPS) is 10.7. The van der Waals surface area contributed by atoms with Gasteiger partial charge in [0.1, 0.15) is 0 Å². The monoisotopic (exact) mass is 928 g/mol. The lowest BCUT2D eigenvalue weighted by Crippen LogP contribution is -2.04. The molecule has 9 aromatic carbocycles. The smallest absolute Gasteiger partial charge is 0.164 e. The highest BCUT2D eigenvalue weighted by Crippen LogP contribution is 2.46. The van der Waals surface area contributed by atoms with E-state index < -0.39 is 0 Å². The summed E-state index contributed by atoms with van der Waals surface area (Å²) in [6, 6.07) is 74.1. The van der Waals surface area contributed by atoms with E-state index in [0.717, 1.165) is 72.0 Å². The van der Waals surface area contributed by atoms with Gasteiger partial charge in [-0.05, 0) is 118 Å². The molecule has 0 unspecified atom stereocenters. The van der Waals surface area contributed by atoms with Gasteiger partial charge in [-0.15, -0.1) is 0 Å². The van der Waals surface area contributed by atoms with Crippen LogP contribution in [0.5, 0.6) is 0 Å². The fourth-order valence-electron chi connectivity index (χ4n) is 9.35. The highest BCUT2D eigenvalue weighted by molar-refractivity contribution is 6.13. The van der Waals surface area contributed by atoms with Gasteiger partial charge in [0.15, 0.2) is 17.5 Å². The van der Waals surface area contributed by atoms with Crippen molar-refractivity contribution in [2.45, 2.75) is 0 Å². The second kappa shape index (κ2) is 18.7. The van der Waals surface area contributed by atoms with Crippen LogP contribution in [0.25, 0.3) is 106 Å². The van der Waals surface area contributed by atoms with Gasteiger partial charge in [0, 0.05) is 38.6 Å². The molecule has 0 N–H and O–H groups in total. The third-order valence-electron chi connectivity index (χ3n) is 12.9. The second-order valence-corrected chi connectivity index (χ2v) is 17.1. The van der Waals surface area contributed by atoms with Crippen LogP contribution >= 0.6 is 0 Å². The molecule has 0 saturated heterocycles. The summed E-state index contributed by atoms with van der Waals surface area (Å²) < 4.78 is 2.20. The third kappa shape index (κ3) is 8.11. The van der Waals surface area contributed by atoms with E-state index in [-0.39, 0.29) is 0 Å². The van der Waals surface area contributed by atoms with E-state index in [1.54, 1.807) is 60.7 Å². The number of aromatic nitrogens is 4. The van der Waals surface area contributed by atoms with E-state index in [0.29, 0.717) is 67.5 Å². The molecule has 334 valence electrons. The maximum absolute atomic E-state index is 10.3. The zero-order valence-electron chi connectivity index (χ0n) is 38.4. The largest absolute Gasteiger partial charge is 0.308 e. The van der Waals surface area contributed by atoms with Crippen LogP contribution in [0.2, 0.25) is 0 Å². The Bertz CT molecular complexity index is 4040. The molecule has 10 nitrogen and oxygen atoms in total. The summed E-state index contributed by atoms with van der Waals surface area (Å²) in [6.45, 7) is 0. The Labute approximate surface area is 419 Å². The average molecular weight is 929 g/mol. The molecular formula is C63H32N10. The minimum Gasteiger partial charge on any atom is -0.308 e. The van der Waals surface area contributed by atoms with Crippen LogP contribution in [0, 0.1) is 68.0 Å². The lowest BCUT2D eigenvalue weighted by Gasteiger charge is -2.21.